The minimum Gasteiger partial charge on any atom is -0.484 e. The van der Waals surface area contributed by atoms with Crippen LogP contribution in [0.5, 0.6) is 5.75 Å². The van der Waals surface area contributed by atoms with Gasteiger partial charge in [-0.3, -0.25) is 9.59 Å². The van der Waals surface area contributed by atoms with Crippen molar-refractivity contribution in [3.8, 4) is 5.75 Å². The topological polar surface area (TPSA) is 103 Å². The van der Waals surface area contributed by atoms with E-state index in [-0.39, 0.29) is 12.5 Å². The number of carbonyl (C=O) groups excluding carboxylic acids is 2. The van der Waals surface area contributed by atoms with Gasteiger partial charge in [0, 0.05) is 7.11 Å². The summed E-state index contributed by atoms with van der Waals surface area (Å²) in [4.78, 5) is 22.8. The molecule has 2 aromatic rings. The second-order valence-corrected chi connectivity index (χ2v) is 5.08. The van der Waals surface area contributed by atoms with Crippen LogP contribution in [0.15, 0.2) is 59.7 Å². The van der Waals surface area contributed by atoms with Gasteiger partial charge in [0.25, 0.3) is 11.8 Å². The maximum Gasteiger partial charge on any atom is 0.273 e. The predicted octanol–water partition coefficient (Wildman–Crippen LogP) is 1.39. The molecular weight excluding hydrogens is 322 g/mol. The van der Waals surface area contributed by atoms with Crippen molar-refractivity contribution in [1.82, 2.24) is 5.43 Å². The lowest BCUT2D eigenvalue weighted by Crippen LogP contribution is -2.26. The molecule has 7 heteroatoms. The van der Waals surface area contributed by atoms with Gasteiger partial charge in [0.1, 0.15) is 5.75 Å². The number of methoxy groups -OCH3 is 1. The highest BCUT2D eigenvalue weighted by Crippen LogP contribution is 2.16. The predicted molar refractivity (Wildman–Crippen MR) is 93.1 cm³/mol. The monoisotopic (exact) mass is 341 g/mol. The summed E-state index contributed by atoms with van der Waals surface area (Å²) in [6.07, 6.45) is 0.760. The fourth-order valence-corrected chi connectivity index (χ4v) is 2.06. The van der Waals surface area contributed by atoms with Crippen LogP contribution in [0.1, 0.15) is 17.2 Å². The van der Waals surface area contributed by atoms with E-state index in [4.69, 9.17) is 15.2 Å². The van der Waals surface area contributed by atoms with Crippen LogP contribution >= 0.6 is 0 Å². The first-order chi connectivity index (χ1) is 12.1. The van der Waals surface area contributed by atoms with Gasteiger partial charge in [0.05, 0.1) is 6.21 Å². The Bertz CT molecular complexity index is 730. The molecule has 2 aromatic carbocycles. The van der Waals surface area contributed by atoms with Crippen LogP contribution in [0.3, 0.4) is 0 Å². The highest BCUT2D eigenvalue weighted by Gasteiger charge is 2.18. The molecule has 0 unspecified atom stereocenters. The van der Waals surface area contributed by atoms with Crippen molar-refractivity contribution in [3.63, 3.8) is 0 Å². The van der Waals surface area contributed by atoms with Gasteiger partial charge in [-0.05, 0) is 35.4 Å². The standard InChI is InChI=1S/C18H19N3O4/c1-24-17(14-5-3-2-4-6-14)18(23)21-20-11-13-7-9-15(10-8-13)25-12-16(19)22/h2-11,17H,12H2,1H3,(H2,19,22)(H,21,23)/b20-11-/t17-/m0/s1. The summed E-state index contributed by atoms with van der Waals surface area (Å²) in [5, 5.41) is 3.92. The van der Waals surface area contributed by atoms with E-state index < -0.39 is 12.0 Å². The minimum absolute atomic E-state index is 0.179. The Morgan fingerprint density at radius 1 is 1.16 bits per heavy atom. The van der Waals surface area contributed by atoms with Crippen LogP contribution in [0.25, 0.3) is 0 Å². The zero-order valence-corrected chi connectivity index (χ0v) is 13.7. The summed E-state index contributed by atoms with van der Waals surface area (Å²) < 4.78 is 10.4. The summed E-state index contributed by atoms with van der Waals surface area (Å²) in [7, 11) is 1.46. The number of rotatable bonds is 8. The van der Waals surface area contributed by atoms with Crippen LogP contribution in [0.2, 0.25) is 0 Å². The number of primary amides is 1. The average molecular weight is 341 g/mol. The molecule has 0 radical (unpaired) electrons. The van der Waals surface area contributed by atoms with Gasteiger partial charge in [-0.1, -0.05) is 30.3 Å². The van der Waals surface area contributed by atoms with Gasteiger partial charge < -0.3 is 15.2 Å². The van der Waals surface area contributed by atoms with Gasteiger partial charge in [-0.25, -0.2) is 5.43 Å². The molecule has 3 N–H and O–H groups in total. The van der Waals surface area contributed by atoms with Crippen molar-refractivity contribution < 1.29 is 19.1 Å². The van der Waals surface area contributed by atoms with Crippen LogP contribution in [-0.2, 0) is 14.3 Å². The molecule has 0 saturated carbocycles. The normalized spacial score (nSPS) is 11.9. The molecule has 0 saturated heterocycles. The van der Waals surface area contributed by atoms with Gasteiger partial charge in [0.2, 0.25) is 0 Å². The van der Waals surface area contributed by atoms with Crippen molar-refractivity contribution >= 4 is 18.0 Å². The molecule has 0 aliphatic heterocycles. The lowest BCUT2D eigenvalue weighted by atomic mass is 10.1. The Labute approximate surface area is 145 Å². The minimum atomic E-state index is -0.733. The second-order valence-electron chi connectivity index (χ2n) is 5.08. The summed E-state index contributed by atoms with van der Waals surface area (Å²) in [5.74, 6) is -0.394. The molecule has 0 spiro atoms. The van der Waals surface area contributed by atoms with E-state index in [9.17, 15) is 9.59 Å². The maximum absolute atomic E-state index is 12.2. The first-order valence-corrected chi connectivity index (χ1v) is 7.52. The fraction of sp³-hybridized carbons (Fsp3) is 0.167. The van der Waals surface area contributed by atoms with E-state index in [1.54, 1.807) is 24.3 Å². The van der Waals surface area contributed by atoms with Gasteiger partial charge in [0.15, 0.2) is 12.7 Å². The number of nitrogens with zero attached hydrogens (tertiary/aromatic N) is 1. The van der Waals surface area contributed by atoms with Crippen molar-refractivity contribution in [2.24, 2.45) is 10.8 Å². The number of hydrazone groups is 1. The molecule has 0 aromatic heterocycles. The Morgan fingerprint density at radius 2 is 1.84 bits per heavy atom. The highest BCUT2D eigenvalue weighted by molar-refractivity contribution is 5.85. The van der Waals surface area contributed by atoms with E-state index in [2.05, 4.69) is 10.5 Å². The number of nitrogens with one attached hydrogen (secondary N) is 1. The van der Waals surface area contributed by atoms with E-state index in [0.29, 0.717) is 5.75 Å². The third kappa shape index (κ3) is 5.74. The molecule has 1 atom stereocenters. The first kappa shape index (κ1) is 18.2. The van der Waals surface area contributed by atoms with Crippen molar-refractivity contribution in [2.45, 2.75) is 6.10 Å². The smallest absolute Gasteiger partial charge is 0.273 e. The fourth-order valence-electron chi connectivity index (χ4n) is 2.06. The van der Waals surface area contributed by atoms with Gasteiger partial charge in [-0.15, -0.1) is 0 Å². The maximum atomic E-state index is 12.2. The summed E-state index contributed by atoms with van der Waals surface area (Å²) in [6, 6.07) is 16.0. The number of hydrogen-bond acceptors (Lipinski definition) is 5. The van der Waals surface area contributed by atoms with Crippen molar-refractivity contribution in [1.29, 1.82) is 0 Å². The average Bonchev–Trinajstić information content (AvgIpc) is 2.62. The molecule has 2 amide bonds. The van der Waals surface area contributed by atoms with Crippen LogP contribution in [-0.4, -0.2) is 31.7 Å². The van der Waals surface area contributed by atoms with Crippen molar-refractivity contribution in [2.75, 3.05) is 13.7 Å². The summed E-state index contributed by atoms with van der Waals surface area (Å²) >= 11 is 0. The molecular formula is C18H19N3O4. The van der Waals surface area contributed by atoms with E-state index >= 15 is 0 Å². The van der Waals surface area contributed by atoms with Crippen LogP contribution in [0, 0.1) is 0 Å². The summed E-state index contributed by atoms with van der Waals surface area (Å²) in [6.45, 7) is -0.179. The lowest BCUT2D eigenvalue weighted by Gasteiger charge is -2.13. The SMILES string of the molecule is CO[C@H](C(=O)N/N=C\c1ccc(OCC(N)=O)cc1)c1ccccc1. The Balaban J connectivity index is 1.91. The molecule has 7 nitrogen and oxygen atoms in total. The van der Waals surface area contributed by atoms with Crippen molar-refractivity contribution in [3.05, 3.63) is 65.7 Å². The summed E-state index contributed by atoms with van der Waals surface area (Å²) in [5.41, 5.74) is 8.95. The molecule has 2 rings (SSSR count). The van der Waals surface area contributed by atoms with Gasteiger partial charge >= 0.3 is 0 Å². The number of carbonyl (C=O) groups is 2. The molecule has 130 valence electrons. The lowest BCUT2D eigenvalue weighted by molar-refractivity contribution is -0.131. The zero-order chi connectivity index (χ0) is 18.1. The quantitative estimate of drug-likeness (QED) is 0.559. The van der Waals surface area contributed by atoms with Crippen LogP contribution in [0.4, 0.5) is 0 Å². The first-order valence-electron chi connectivity index (χ1n) is 7.52. The van der Waals surface area contributed by atoms with E-state index in [0.717, 1.165) is 11.1 Å². The number of amides is 2. The molecule has 25 heavy (non-hydrogen) atoms. The van der Waals surface area contributed by atoms with Gasteiger partial charge in [-0.2, -0.15) is 5.10 Å². The number of benzene rings is 2. The number of hydrogen-bond donors (Lipinski definition) is 2. The largest absolute Gasteiger partial charge is 0.484 e. The number of nitrogens with two attached hydrogens (primary N) is 1. The van der Waals surface area contributed by atoms with E-state index in [1.807, 2.05) is 30.3 Å². The Hall–Kier alpha value is -3.19. The third-order valence-electron chi connectivity index (χ3n) is 3.23. The Kier molecular flexibility index (Phi) is 6.67. The molecule has 0 heterocycles. The zero-order valence-electron chi connectivity index (χ0n) is 13.7. The number of ether oxygens (including phenoxy) is 2. The highest BCUT2D eigenvalue weighted by atomic mass is 16.5. The second kappa shape index (κ2) is 9.19. The van der Waals surface area contributed by atoms with E-state index in [1.165, 1.54) is 13.3 Å². The van der Waals surface area contributed by atoms with Crippen LogP contribution < -0.4 is 15.9 Å². The third-order valence-corrected chi connectivity index (χ3v) is 3.23. The molecule has 0 bridgehead atoms. The molecule has 0 fully saturated rings. The Morgan fingerprint density at radius 3 is 2.44 bits per heavy atom. The molecule has 0 aliphatic carbocycles. The molecule has 0 aliphatic rings.